The summed E-state index contributed by atoms with van der Waals surface area (Å²) in [6.07, 6.45) is 11.0. The molecule has 1 aromatic rings. The van der Waals surface area contributed by atoms with E-state index < -0.39 is 0 Å². The molecule has 0 radical (unpaired) electrons. The smallest absolute Gasteiger partial charge is 0.0524 e. The summed E-state index contributed by atoms with van der Waals surface area (Å²) in [7, 11) is 0. The van der Waals surface area contributed by atoms with Gasteiger partial charge in [-0.2, -0.15) is 5.10 Å². The molecule has 3 nitrogen and oxygen atoms in total. The number of hydrogen-bond acceptors (Lipinski definition) is 2. The molecule has 114 valence electrons. The molecule has 1 aliphatic heterocycles. The molecule has 1 fully saturated rings. The molecular formula is C17H31N3. The summed E-state index contributed by atoms with van der Waals surface area (Å²) in [4.78, 5) is 2.66. The van der Waals surface area contributed by atoms with Gasteiger partial charge in [-0.1, -0.05) is 33.6 Å². The minimum Gasteiger partial charge on any atom is -0.303 e. The quantitative estimate of drug-likeness (QED) is 0.705. The largest absolute Gasteiger partial charge is 0.303 e. The lowest BCUT2D eigenvalue weighted by Crippen LogP contribution is -2.37. The topological polar surface area (TPSA) is 21.1 Å². The van der Waals surface area contributed by atoms with E-state index in [0.717, 1.165) is 12.5 Å². The van der Waals surface area contributed by atoms with Gasteiger partial charge in [0, 0.05) is 19.3 Å². The number of piperidine rings is 1. The van der Waals surface area contributed by atoms with Crippen LogP contribution in [0.15, 0.2) is 12.4 Å². The van der Waals surface area contributed by atoms with E-state index in [-0.39, 0.29) is 0 Å². The Balaban J connectivity index is 1.79. The second-order valence-corrected chi connectivity index (χ2v) is 6.67. The molecule has 0 unspecified atom stereocenters. The SMILES string of the molecule is CCCCCN1CCC[C@@H](Cn2cc(C(C)C)cn2)C1. The van der Waals surface area contributed by atoms with E-state index in [0.29, 0.717) is 5.92 Å². The molecule has 1 aliphatic rings. The van der Waals surface area contributed by atoms with Gasteiger partial charge in [-0.05, 0) is 49.8 Å². The third-order valence-corrected chi connectivity index (χ3v) is 4.45. The summed E-state index contributed by atoms with van der Waals surface area (Å²) < 4.78 is 2.16. The number of unbranched alkanes of at least 4 members (excludes halogenated alkanes) is 2. The highest BCUT2D eigenvalue weighted by Gasteiger charge is 2.20. The lowest BCUT2D eigenvalue weighted by atomic mass is 9.97. The van der Waals surface area contributed by atoms with Crippen LogP contribution in [0.3, 0.4) is 0 Å². The highest BCUT2D eigenvalue weighted by Crippen LogP contribution is 2.20. The van der Waals surface area contributed by atoms with Crippen molar-refractivity contribution in [3.8, 4) is 0 Å². The van der Waals surface area contributed by atoms with Crippen LogP contribution in [0.4, 0.5) is 0 Å². The average molecular weight is 277 g/mol. The fraction of sp³-hybridized carbons (Fsp3) is 0.824. The van der Waals surface area contributed by atoms with E-state index in [4.69, 9.17) is 0 Å². The summed E-state index contributed by atoms with van der Waals surface area (Å²) >= 11 is 0. The summed E-state index contributed by atoms with van der Waals surface area (Å²) in [5.41, 5.74) is 1.36. The highest BCUT2D eigenvalue weighted by molar-refractivity contribution is 5.08. The molecule has 1 saturated heterocycles. The van der Waals surface area contributed by atoms with Crippen LogP contribution in [0.2, 0.25) is 0 Å². The van der Waals surface area contributed by atoms with Crippen molar-refractivity contribution in [2.45, 2.75) is 65.3 Å². The first kappa shape index (κ1) is 15.6. The van der Waals surface area contributed by atoms with Crippen molar-refractivity contribution in [2.24, 2.45) is 5.92 Å². The normalized spacial score (nSPS) is 20.7. The fourth-order valence-corrected chi connectivity index (χ4v) is 3.13. The molecule has 2 rings (SSSR count). The maximum Gasteiger partial charge on any atom is 0.0524 e. The molecule has 0 aromatic carbocycles. The highest BCUT2D eigenvalue weighted by atomic mass is 15.3. The summed E-state index contributed by atoms with van der Waals surface area (Å²) in [6.45, 7) is 11.7. The third kappa shape index (κ3) is 4.62. The summed E-state index contributed by atoms with van der Waals surface area (Å²) in [6, 6.07) is 0. The molecule has 0 spiro atoms. The Morgan fingerprint density at radius 2 is 2.20 bits per heavy atom. The fourth-order valence-electron chi connectivity index (χ4n) is 3.13. The average Bonchev–Trinajstić information content (AvgIpc) is 2.88. The van der Waals surface area contributed by atoms with Gasteiger partial charge in [0.25, 0.3) is 0 Å². The van der Waals surface area contributed by atoms with Crippen molar-refractivity contribution in [3.05, 3.63) is 18.0 Å². The van der Waals surface area contributed by atoms with Crippen LogP contribution in [0.5, 0.6) is 0 Å². The molecule has 0 N–H and O–H groups in total. The molecule has 0 bridgehead atoms. The van der Waals surface area contributed by atoms with Crippen LogP contribution in [0, 0.1) is 5.92 Å². The van der Waals surface area contributed by atoms with Crippen LogP contribution in [-0.4, -0.2) is 34.3 Å². The van der Waals surface area contributed by atoms with Gasteiger partial charge in [-0.15, -0.1) is 0 Å². The van der Waals surface area contributed by atoms with Crippen molar-refractivity contribution in [1.29, 1.82) is 0 Å². The predicted molar refractivity (Wildman–Crippen MR) is 85.0 cm³/mol. The zero-order valence-corrected chi connectivity index (χ0v) is 13.5. The molecule has 3 heteroatoms. The molecule has 0 saturated carbocycles. The van der Waals surface area contributed by atoms with Gasteiger partial charge in [-0.25, -0.2) is 0 Å². The minimum absolute atomic E-state index is 0.584. The molecule has 1 atom stereocenters. The Hall–Kier alpha value is -0.830. The van der Waals surface area contributed by atoms with Crippen molar-refractivity contribution < 1.29 is 0 Å². The van der Waals surface area contributed by atoms with E-state index in [2.05, 4.69) is 41.6 Å². The van der Waals surface area contributed by atoms with Gasteiger partial charge in [0.1, 0.15) is 0 Å². The second-order valence-electron chi connectivity index (χ2n) is 6.67. The van der Waals surface area contributed by atoms with E-state index in [1.165, 1.54) is 57.3 Å². The van der Waals surface area contributed by atoms with E-state index in [1.54, 1.807) is 0 Å². The Morgan fingerprint density at radius 1 is 1.35 bits per heavy atom. The lowest BCUT2D eigenvalue weighted by Gasteiger charge is -2.32. The van der Waals surface area contributed by atoms with Crippen molar-refractivity contribution in [1.82, 2.24) is 14.7 Å². The first-order valence-corrected chi connectivity index (χ1v) is 8.43. The summed E-state index contributed by atoms with van der Waals surface area (Å²) in [5.74, 6) is 1.37. The van der Waals surface area contributed by atoms with Crippen LogP contribution >= 0.6 is 0 Å². The number of nitrogens with zero attached hydrogens (tertiary/aromatic N) is 3. The monoisotopic (exact) mass is 277 g/mol. The van der Waals surface area contributed by atoms with E-state index in [1.807, 2.05) is 6.20 Å². The molecule has 0 aliphatic carbocycles. The van der Waals surface area contributed by atoms with Crippen LogP contribution < -0.4 is 0 Å². The summed E-state index contributed by atoms with van der Waals surface area (Å²) in [5, 5.41) is 4.53. The van der Waals surface area contributed by atoms with E-state index >= 15 is 0 Å². The maximum atomic E-state index is 4.53. The van der Waals surface area contributed by atoms with Crippen LogP contribution in [0.1, 0.15) is 64.4 Å². The van der Waals surface area contributed by atoms with Gasteiger partial charge >= 0.3 is 0 Å². The first-order chi connectivity index (χ1) is 9.69. The number of likely N-dealkylation sites (tertiary alicyclic amines) is 1. The van der Waals surface area contributed by atoms with Gasteiger partial charge in [0.05, 0.1) is 6.20 Å². The number of aromatic nitrogens is 2. The van der Waals surface area contributed by atoms with Crippen molar-refractivity contribution >= 4 is 0 Å². The zero-order chi connectivity index (χ0) is 14.4. The maximum absolute atomic E-state index is 4.53. The molecular weight excluding hydrogens is 246 g/mol. The molecule has 0 amide bonds. The van der Waals surface area contributed by atoms with Gasteiger partial charge in [0.15, 0.2) is 0 Å². The van der Waals surface area contributed by atoms with Crippen LogP contribution in [0.25, 0.3) is 0 Å². The van der Waals surface area contributed by atoms with Gasteiger partial charge in [0.2, 0.25) is 0 Å². The van der Waals surface area contributed by atoms with Crippen molar-refractivity contribution in [3.63, 3.8) is 0 Å². The Kier molecular flexibility index (Phi) is 6.08. The Labute approximate surface area is 124 Å². The lowest BCUT2D eigenvalue weighted by molar-refractivity contribution is 0.157. The van der Waals surface area contributed by atoms with Crippen molar-refractivity contribution in [2.75, 3.05) is 19.6 Å². The number of rotatable bonds is 7. The molecule has 20 heavy (non-hydrogen) atoms. The van der Waals surface area contributed by atoms with Crippen LogP contribution in [-0.2, 0) is 6.54 Å². The van der Waals surface area contributed by atoms with E-state index in [9.17, 15) is 0 Å². The Morgan fingerprint density at radius 3 is 2.90 bits per heavy atom. The first-order valence-electron chi connectivity index (χ1n) is 8.43. The zero-order valence-electron chi connectivity index (χ0n) is 13.5. The van der Waals surface area contributed by atoms with Gasteiger partial charge < -0.3 is 4.90 Å². The predicted octanol–water partition coefficient (Wildman–Crippen LogP) is 3.91. The van der Waals surface area contributed by atoms with Gasteiger partial charge in [-0.3, -0.25) is 4.68 Å². The molecule has 2 heterocycles. The Bertz CT molecular complexity index is 383. The third-order valence-electron chi connectivity index (χ3n) is 4.45. The molecule has 1 aromatic heterocycles. The minimum atomic E-state index is 0.584. The standard InChI is InChI=1S/C17H31N3/c1-4-5-6-9-19-10-7-8-16(12-19)13-20-14-17(11-18-20)15(2)3/h11,14-16H,4-10,12-13H2,1-3H3/t16-/m1/s1. The second kappa shape index (κ2) is 7.82. The number of hydrogen-bond donors (Lipinski definition) is 0.